The molecule has 0 saturated heterocycles. The zero-order chi connectivity index (χ0) is 11.7. The van der Waals surface area contributed by atoms with Crippen molar-refractivity contribution >= 4 is 17.1 Å². The molecule has 0 saturated carbocycles. The Balaban J connectivity index is 3.59. The summed E-state index contributed by atoms with van der Waals surface area (Å²) in [6, 6.07) is 0.512. The van der Waals surface area contributed by atoms with Gasteiger partial charge in [-0.05, 0) is 6.92 Å². The van der Waals surface area contributed by atoms with Crippen LogP contribution in [0.2, 0.25) is 0 Å². The van der Waals surface area contributed by atoms with Gasteiger partial charge in [0.2, 0.25) is 5.82 Å². The van der Waals surface area contributed by atoms with Gasteiger partial charge < -0.3 is 5.73 Å². The molecule has 0 spiro atoms. The van der Waals surface area contributed by atoms with Crippen LogP contribution in [-0.4, -0.2) is 9.85 Å². The van der Waals surface area contributed by atoms with Crippen molar-refractivity contribution in [2.45, 2.75) is 6.92 Å². The largest absolute Gasteiger partial charge is 0.393 e. The Kier molecular flexibility index (Phi) is 2.51. The van der Waals surface area contributed by atoms with Crippen LogP contribution in [0.1, 0.15) is 5.56 Å². The molecule has 0 aromatic heterocycles. The van der Waals surface area contributed by atoms with Gasteiger partial charge in [-0.1, -0.05) is 0 Å². The fourth-order valence-electron chi connectivity index (χ4n) is 1.06. The highest BCUT2D eigenvalue weighted by atomic mass is 19.1. The van der Waals surface area contributed by atoms with Gasteiger partial charge in [0.25, 0.3) is 5.69 Å². The van der Waals surface area contributed by atoms with E-state index in [0.717, 1.165) is 6.92 Å². The molecule has 0 radical (unpaired) electrons. The molecule has 0 aliphatic heterocycles. The second kappa shape index (κ2) is 3.48. The van der Waals surface area contributed by atoms with Crippen LogP contribution in [0.3, 0.4) is 0 Å². The first-order valence-electron chi connectivity index (χ1n) is 3.73. The number of nitro benzene ring substituents is 2. The molecule has 1 rings (SSSR count). The van der Waals surface area contributed by atoms with Crippen LogP contribution in [0.25, 0.3) is 0 Å². The van der Waals surface area contributed by atoms with E-state index in [1.165, 1.54) is 0 Å². The summed E-state index contributed by atoms with van der Waals surface area (Å²) in [5.41, 5.74) is 2.94. The van der Waals surface area contributed by atoms with E-state index in [-0.39, 0.29) is 5.56 Å². The van der Waals surface area contributed by atoms with E-state index in [9.17, 15) is 24.6 Å². The van der Waals surface area contributed by atoms with E-state index in [2.05, 4.69) is 0 Å². The SMILES string of the molecule is Cc1c(N)c([N+](=O)[O-])cc([N+](=O)[O-])c1F. The van der Waals surface area contributed by atoms with Crippen molar-refractivity contribution in [1.29, 1.82) is 0 Å². The van der Waals surface area contributed by atoms with Gasteiger partial charge in [0.15, 0.2) is 0 Å². The third kappa shape index (κ3) is 1.68. The summed E-state index contributed by atoms with van der Waals surface area (Å²) in [6.45, 7) is 1.14. The van der Waals surface area contributed by atoms with E-state index in [4.69, 9.17) is 5.73 Å². The maximum Gasteiger partial charge on any atom is 0.312 e. The average molecular weight is 215 g/mol. The van der Waals surface area contributed by atoms with Crippen molar-refractivity contribution in [3.05, 3.63) is 37.7 Å². The highest BCUT2D eigenvalue weighted by Crippen LogP contribution is 2.33. The normalized spacial score (nSPS) is 10.0. The maximum absolute atomic E-state index is 13.2. The van der Waals surface area contributed by atoms with Crippen molar-refractivity contribution in [2.75, 3.05) is 5.73 Å². The van der Waals surface area contributed by atoms with Gasteiger partial charge in [0.05, 0.1) is 15.9 Å². The Bertz CT molecular complexity index is 422. The molecule has 0 bridgehead atoms. The Morgan fingerprint density at radius 1 is 1.27 bits per heavy atom. The van der Waals surface area contributed by atoms with Gasteiger partial charge in [0, 0.05) is 5.56 Å². The number of hydrogen-bond donors (Lipinski definition) is 1. The van der Waals surface area contributed by atoms with Gasteiger partial charge in [-0.15, -0.1) is 0 Å². The molecule has 0 fully saturated rings. The molecular weight excluding hydrogens is 209 g/mol. The van der Waals surface area contributed by atoms with Gasteiger partial charge in [-0.25, -0.2) is 0 Å². The highest BCUT2D eigenvalue weighted by Gasteiger charge is 2.26. The van der Waals surface area contributed by atoms with Gasteiger partial charge >= 0.3 is 5.69 Å². The number of nitro groups is 2. The lowest BCUT2D eigenvalue weighted by atomic mass is 10.1. The average Bonchev–Trinajstić information content (AvgIpc) is 2.13. The Labute approximate surface area is 82.6 Å². The number of rotatable bonds is 2. The highest BCUT2D eigenvalue weighted by molar-refractivity contribution is 5.67. The minimum atomic E-state index is -1.15. The fraction of sp³-hybridized carbons (Fsp3) is 0.143. The lowest BCUT2D eigenvalue weighted by molar-refractivity contribution is -0.395. The zero-order valence-electron chi connectivity index (χ0n) is 7.56. The van der Waals surface area contributed by atoms with Crippen molar-refractivity contribution in [2.24, 2.45) is 0 Å². The van der Waals surface area contributed by atoms with Gasteiger partial charge in [0.1, 0.15) is 5.69 Å². The standard InChI is InChI=1S/C7H6FN3O4/c1-3-6(8)4(10(12)13)2-5(7(3)9)11(14)15/h2H,9H2,1H3. The lowest BCUT2D eigenvalue weighted by Crippen LogP contribution is -2.03. The fourth-order valence-corrected chi connectivity index (χ4v) is 1.06. The number of anilines is 1. The summed E-state index contributed by atoms with van der Waals surface area (Å²) in [7, 11) is 0. The third-order valence-electron chi connectivity index (χ3n) is 1.90. The molecule has 80 valence electrons. The molecular formula is C7H6FN3O4. The number of benzene rings is 1. The topological polar surface area (TPSA) is 112 Å². The smallest absolute Gasteiger partial charge is 0.312 e. The Morgan fingerprint density at radius 2 is 1.73 bits per heavy atom. The van der Waals surface area contributed by atoms with Crippen LogP contribution in [0.4, 0.5) is 21.5 Å². The number of nitrogens with two attached hydrogens (primary N) is 1. The molecule has 15 heavy (non-hydrogen) atoms. The summed E-state index contributed by atoms with van der Waals surface area (Å²) in [5.74, 6) is -1.15. The van der Waals surface area contributed by atoms with E-state index in [1.807, 2.05) is 0 Å². The van der Waals surface area contributed by atoms with Crippen LogP contribution in [0.15, 0.2) is 6.07 Å². The summed E-state index contributed by atoms with van der Waals surface area (Å²) in [6.07, 6.45) is 0. The second-order valence-electron chi connectivity index (χ2n) is 2.78. The van der Waals surface area contributed by atoms with Gasteiger partial charge in [-0.2, -0.15) is 4.39 Å². The van der Waals surface area contributed by atoms with Crippen LogP contribution < -0.4 is 5.73 Å². The number of nitrogen functional groups attached to an aromatic ring is 1. The molecule has 0 atom stereocenters. The molecule has 0 heterocycles. The maximum atomic E-state index is 13.2. The van der Waals surface area contributed by atoms with Crippen LogP contribution in [0.5, 0.6) is 0 Å². The summed E-state index contributed by atoms with van der Waals surface area (Å²) in [4.78, 5) is 18.9. The van der Waals surface area contributed by atoms with Crippen LogP contribution >= 0.6 is 0 Å². The van der Waals surface area contributed by atoms with Crippen molar-refractivity contribution in [3.63, 3.8) is 0 Å². The zero-order valence-corrected chi connectivity index (χ0v) is 7.56. The minimum absolute atomic E-state index is 0.295. The monoisotopic (exact) mass is 215 g/mol. The van der Waals surface area contributed by atoms with Crippen molar-refractivity contribution < 1.29 is 14.2 Å². The first-order valence-corrected chi connectivity index (χ1v) is 3.73. The van der Waals surface area contributed by atoms with E-state index in [0.29, 0.717) is 6.07 Å². The third-order valence-corrected chi connectivity index (χ3v) is 1.90. The van der Waals surface area contributed by atoms with Crippen LogP contribution in [-0.2, 0) is 0 Å². The molecule has 0 unspecified atom stereocenters. The number of halogens is 1. The predicted octanol–water partition coefficient (Wildman–Crippen LogP) is 1.53. The van der Waals surface area contributed by atoms with Crippen molar-refractivity contribution in [1.82, 2.24) is 0 Å². The first-order chi connectivity index (χ1) is 6.86. The van der Waals surface area contributed by atoms with Crippen molar-refractivity contribution in [3.8, 4) is 0 Å². The van der Waals surface area contributed by atoms with E-state index in [1.54, 1.807) is 0 Å². The molecule has 2 N–H and O–H groups in total. The number of nitrogens with zero attached hydrogens (tertiary/aromatic N) is 2. The van der Waals surface area contributed by atoms with E-state index >= 15 is 0 Å². The Morgan fingerprint density at radius 3 is 2.13 bits per heavy atom. The minimum Gasteiger partial charge on any atom is -0.393 e. The molecule has 8 heteroatoms. The predicted molar refractivity (Wildman–Crippen MR) is 48.9 cm³/mol. The summed E-state index contributed by atoms with van der Waals surface area (Å²) < 4.78 is 13.2. The lowest BCUT2D eigenvalue weighted by Gasteiger charge is -2.03. The summed E-state index contributed by atoms with van der Waals surface area (Å²) in [5, 5.41) is 20.8. The second-order valence-corrected chi connectivity index (χ2v) is 2.78. The quantitative estimate of drug-likeness (QED) is 0.456. The van der Waals surface area contributed by atoms with E-state index < -0.39 is 32.7 Å². The van der Waals surface area contributed by atoms with Gasteiger partial charge in [-0.3, -0.25) is 20.2 Å². The summed E-state index contributed by atoms with van der Waals surface area (Å²) >= 11 is 0. The molecule has 0 aliphatic carbocycles. The molecule has 7 nitrogen and oxygen atoms in total. The molecule has 1 aromatic rings. The first kappa shape index (κ1) is 10.8. The Hall–Kier alpha value is -2.25. The molecule has 0 amide bonds. The number of hydrogen-bond acceptors (Lipinski definition) is 5. The molecule has 0 aliphatic rings. The van der Waals surface area contributed by atoms with Crippen LogP contribution in [0, 0.1) is 33.0 Å². The molecule has 1 aromatic carbocycles.